The smallest absolute Gasteiger partial charge is 0.220 e. The van der Waals surface area contributed by atoms with Crippen molar-refractivity contribution in [1.29, 1.82) is 0 Å². The number of carbonyl (C=O) groups excluding carboxylic acids is 1. The Labute approximate surface area is 131 Å². The molecule has 124 valence electrons. The Hall–Kier alpha value is -1.44. The van der Waals surface area contributed by atoms with Gasteiger partial charge in [-0.2, -0.15) is 0 Å². The molecule has 7 nitrogen and oxygen atoms in total. The van der Waals surface area contributed by atoms with Crippen LogP contribution in [0, 0.1) is 6.92 Å². The van der Waals surface area contributed by atoms with Gasteiger partial charge in [0, 0.05) is 38.9 Å². The van der Waals surface area contributed by atoms with Crippen molar-refractivity contribution in [3.8, 4) is 0 Å². The number of aromatic amines is 1. The SMILES string of the molecule is CCc1nc(CN2CCOCC(CC(N)=O)(OC)C2)c(C)[nH]1. The van der Waals surface area contributed by atoms with Gasteiger partial charge in [-0.25, -0.2) is 4.98 Å². The molecule has 0 bridgehead atoms. The van der Waals surface area contributed by atoms with Gasteiger partial charge >= 0.3 is 0 Å². The molecule has 2 heterocycles. The Balaban J connectivity index is 2.12. The van der Waals surface area contributed by atoms with Crippen LogP contribution in [0.25, 0.3) is 0 Å². The Bertz CT molecular complexity index is 517. The molecular formula is C15H26N4O3. The van der Waals surface area contributed by atoms with Gasteiger partial charge in [0.2, 0.25) is 5.91 Å². The van der Waals surface area contributed by atoms with Gasteiger partial charge in [-0.15, -0.1) is 0 Å². The van der Waals surface area contributed by atoms with Crippen LogP contribution in [0.3, 0.4) is 0 Å². The van der Waals surface area contributed by atoms with E-state index in [1.165, 1.54) is 0 Å². The van der Waals surface area contributed by atoms with Gasteiger partial charge in [0.1, 0.15) is 11.4 Å². The number of primary amides is 1. The number of imidazole rings is 1. The summed E-state index contributed by atoms with van der Waals surface area (Å²) in [6, 6.07) is 0. The molecule has 2 rings (SSSR count). The summed E-state index contributed by atoms with van der Waals surface area (Å²) in [4.78, 5) is 21.5. The summed E-state index contributed by atoms with van der Waals surface area (Å²) < 4.78 is 11.2. The fourth-order valence-corrected chi connectivity index (χ4v) is 2.84. The highest BCUT2D eigenvalue weighted by Crippen LogP contribution is 2.22. The standard InChI is InChI=1S/C15H26N4O3/c1-4-14-17-11(2)12(18-14)8-19-5-6-22-10-15(9-19,21-3)7-13(16)20/h4-10H2,1-3H3,(H2,16,20)(H,17,18). The zero-order valence-electron chi connectivity index (χ0n) is 13.6. The Morgan fingerprint density at radius 3 is 2.95 bits per heavy atom. The minimum Gasteiger partial charge on any atom is -0.377 e. The molecule has 1 aliphatic rings. The fraction of sp³-hybridized carbons (Fsp3) is 0.733. The van der Waals surface area contributed by atoms with E-state index in [-0.39, 0.29) is 12.3 Å². The average Bonchev–Trinajstić information content (AvgIpc) is 2.70. The van der Waals surface area contributed by atoms with Gasteiger partial charge in [-0.05, 0) is 6.92 Å². The number of nitrogens with zero attached hydrogens (tertiary/aromatic N) is 2. The van der Waals surface area contributed by atoms with Crippen LogP contribution in [0.15, 0.2) is 0 Å². The van der Waals surface area contributed by atoms with E-state index in [4.69, 9.17) is 15.2 Å². The molecule has 3 N–H and O–H groups in total. The van der Waals surface area contributed by atoms with Crippen LogP contribution in [0.5, 0.6) is 0 Å². The van der Waals surface area contributed by atoms with Gasteiger partial charge in [-0.1, -0.05) is 6.92 Å². The summed E-state index contributed by atoms with van der Waals surface area (Å²) in [5, 5.41) is 0. The van der Waals surface area contributed by atoms with Crippen molar-refractivity contribution >= 4 is 5.91 Å². The van der Waals surface area contributed by atoms with Crippen molar-refractivity contribution in [2.75, 3.05) is 33.4 Å². The van der Waals surface area contributed by atoms with Crippen LogP contribution in [-0.4, -0.2) is 59.8 Å². The molecule has 0 aromatic carbocycles. The molecule has 0 spiro atoms. The van der Waals surface area contributed by atoms with Gasteiger partial charge < -0.3 is 20.2 Å². The predicted molar refractivity (Wildman–Crippen MR) is 82.4 cm³/mol. The van der Waals surface area contributed by atoms with E-state index in [1.54, 1.807) is 7.11 Å². The number of hydrogen-bond donors (Lipinski definition) is 2. The second kappa shape index (κ2) is 7.21. The first-order chi connectivity index (χ1) is 10.5. The third-order valence-corrected chi connectivity index (χ3v) is 4.10. The summed E-state index contributed by atoms with van der Waals surface area (Å²) in [7, 11) is 1.60. The molecule has 1 amide bonds. The molecule has 1 aromatic heterocycles. The summed E-state index contributed by atoms with van der Waals surface area (Å²) in [5.41, 5.74) is 6.80. The average molecular weight is 310 g/mol. The van der Waals surface area contributed by atoms with Crippen molar-refractivity contribution in [3.63, 3.8) is 0 Å². The quantitative estimate of drug-likeness (QED) is 0.792. The summed E-state index contributed by atoms with van der Waals surface area (Å²) >= 11 is 0. The van der Waals surface area contributed by atoms with Crippen LogP contribution >= 0.6 is 0 Å². The maximum atomic E-state index is 11.4. The normalized spacial score (nSPS) is 23.4. The van der Waals surface area contributed by atoms with Gasteiger partial charge in [-0.3, -0.25) is 9.69 Å². The molecule has 1 unspecified atom stereocenters. The number of nitrogens with one attached hydrogen (secondary N) is 1. The Morgan fingerprint density at radius 1 is 1.59 bits per heavy atom. The molecule has 0 saturated carbocycles. The van der Waals surface area contributed by atoms with Crippen molar-refractivity contribution < 1.29 is 14.3 Å². The first kappa shape index (κ1) is 16.9. The number of aryl methyl sites for hydroxylation is 2. The van der Waals surface area contributed by atoms with E-state index in [2.05, 4.69) is 21.8 Å². The molecule has 0 radical (unpaired) electrons. The van der Waals surface area contributed by atoms with Crippen molar-refractivity contribution in [3.05, 3.63) is 17.2 Å². The van der Waals surface area contributed by atoms with E-state index < -0.39 is 5.60 Å². The van der Waals surface area contributed by atoms with E-state index >= 15 is 0 Å². The number of rotatable bonds is 6. The Kier molecular flexibility index (Phi) is 5.55. The molecule has 22 heavy (non-hydrogen) atoms. The number of ether oxygens (including phenoxy) is 2. The second-order valence-corrected chi connectivity index (χ2v) is 5.90. The monoisotopic (exact) mass is 310 g/mol. The molecule has 1 saturated heterocycles. The molecule has 0 aliphatic carbocycles. The van der Waals surface area contributed by atoms with Crippen molar-refractivity contribution in [2.24, 2.45) is 5.73 Å². The maximum Gasteiger partial charge on any atom is 0.220 e. The molecule has 7 heteroatoms. The van der Waals surface area contributed by atoms with E-state index in [1.807, 2.05) is 6.92 Å². The highest BCUT2D eigenvalue weighted by molar-refractivity contribution is 5.75. The second-order valence-electron chi connectivity index (χ2n) is 5.90. The van der Waals surface area contributed by atoms with Crippen LogP contribution in [0.4, 0.5) is 0 Å². The first-order valence-electron chi connectivity index (χ1n) is 7.66. The number of nitrogens with two attached hydrogens (primary N) is 1. The minimum absolute atomic E-state index is 0.153. The maximum absolute atomic E-state index is 11.4. The third kappa shape index (κ3) is 4.06. The highest BCUT2D eigenvalue weighted by atomic mass is 16.5. The lowest BCUT2D eigenvalue weighted by molar-refractivity contribution is -0.129. The third-order valence-electron chi connectivity index (χ3n) is 4.10. The lowest BCUT2D eigenvalue weighted by Crippen LogP contribution is -2.48. The zero-order valence-corrected chi connectivity index (χ0v) is 13.6. The highest BCUT2D eigenvalue weighted by Gasteiger charge is 2.36. The van der Waals surface area contributed by atoms with Gasteiger partial charge in [0.05, 0.1) is 25.3 Å². The number of hydrogen-bond acceptors (Lipinski definition) is 5. The summed E-state index contributed by atoms with van der Waals surface area (Å²) in [6.07, 6.45) is 1.04. The number of amides is 1. The van der Waals surface area contributed by atoms with Crippen molar-refractivity contribution in [1.82, 2.24) is 14.9 Å². The lowest BCUT2D eigenvalue weighted by atomic mass is 9.99. The number of carbonyl (C=O) groups is 1. The van der Waals surface area contributed by atoms with Crippen molar-refractivity contribution in [2.45, 2.75) is 38.8 Å². The van der Waals surface area contributed by atoms with Crippen LogP contribution < -0.4 is 5.73 Å². The molecule has 1 fully saturated rings. The predicted octanol–water partition coefficient (Wildman–Crippen LogP) is 0.373. The van der Waals surface area contributed by atoms with Crippen LogP contribution in [0.1, 0.15) is 30.6 Å². The Morgan fingerprint density at radius 2 is 2.36 bits per heavy atom. The zero-order chi connectivity index (χ0) is 16.2. The number of methoxy groups -OCH3 is 1. The number of aromatic nitrogens is 2. The minimum atomic E-state index is -0.680. The molecular weight excluding hydrogens is 284 g/mol. The van der Waals surface area contributed by atoms with E-state index in [0.29, 0.717) is 26.3 Å². The summed E-state index contributed by atoms with van der Waals surface area (Å²) in [6.45, 7) is 7.16. The first-order valence-corrected chi connectivity index (χ1v) is 7.66. The fourth-order valence-electron chi connectivity index (χ4n) is 2.84. The molecule has 1 atom stereocenters. The van der Waals surface area contributed by atoms with E-state index in [9.17, 15) is 4.79 Å². The number of H-pyrrole nitrogens is 1. The molecule has 1 aliphatic heterocycles. The topological polar surface area (TPSA) is 93.5 Å². The lowest BCUT2D eigenvalue weighted by Gasteiger charge is -2.33. The largest absolute Gasteiger partial charge is 0.377 e. The molecule has 1 aromatic rings. The van der Waals surface area contributed by atoms with Crippen LogP contribution in [-0.2, 0) is 27.2 Å². The van der Waals surface area contributed by atoms with E-state index in [0.717, 1.165) is 30.2 Å². The van der Waals surface area contributed by atoms with Gasteiger partial charge in [0.15, 0.2) is 0 Å². The van der Waals surface area contributed by atoms with Gasteiger partial charge in [0.25, 0.3) is 0 Å². The van der Waals surface area contributed by atoms with Crippen LogP contribution in [0.2, 0.25) is 0 Å². The summed E-state index contributed by atoms with van der Waals surface area (Å²) in [5.74, 6) is 0.616.